The summed E-state index contributed by atoms with van der Waals surface area (Å²) in [5.74, 6) is 1.85. The molecule has 0 heterocycles. The molecule has 1 aliphatic carbocycles. The molecule has 0 aromatic rings. The van der Waals surface area contributed by atoms with E-state index >= 15 is 0 Å². The maximum atomic E-state index is 3.70. The Balaban J connectivity index is 2.12. The van der Waals surface area contributed by atoms with Crippen LogP contribution in [-0.4, -0.2) is 25.7 Å². The van der Waals surface area contributed by atoms with E-state index < -0.39 is 0 Å². The Morgan fingerprint density at radius 2 is 1.74 bits per heavy atom. The second kappa shape index (κ2) is 8.26. The van der Waals surface area contributed by atoms with Crippen molar-refractivity contribution in [2.75, 3.05) is 19.6 Å². The van der Waals surface area contributed by atoms with E-state index in [-0.39, 0.29) is 0 Å². The molecular formula is C17H36N2. The second-order valence-corrected chi connectivity index (χ2v) is 7.60. The lowest BCUT2D eigenvalue weighted by atomic mass is 9.70. The van der Waals surface area contributed by atoms with E-state index in [9.17, 15) is 0 Å². The first-order valence-electron chi connectivity index (χ1n) is 8.37. The van der Waals surface area contributed by atoms with E-state index in [0.29, 0.717) is 11.5 Å². The first-order valence-corrected chi connectivity index (χ1v) is 8.37. The van der Waals surface area contributed by atoms with Gasteiger partial charge in [-0.05, 0) is 69.4 Å². The van der Waals surface area contributed by atoms with E-state index in [1.165, 1.54) is 38.6 Å². The first-order chi connectivity index (χ1) is 8.93. The molecule has 0 aliphatic heterocycles. The van der Waals surface area contributed by atoms with Gasteiger partial charge in [0.05, 0.1) is 0 Å². The molecule has 0 saturated heterocycles. The van der Waals surface area contributed by atoms with Crippen LogP contribution >= 0.6 is 0 Å². The van der Waals surface area contributed by atoms with Gasteiger partial charge in [-0.3, -0.25) is 0 Å². The summed E-state index contributed by atoms with van der Waals surface area (Å²) in [6, 6.07) is 0.604. The molecule has 1 aliphatic rings. The van der Waals surface area contributed by atoms with Gasteiger partial charge in [0, 0.05) is 12.6 Å². The number of hydrogen-bond donors (Lipinski definition) is 2. The summed E-state index contributed by atoms with van der Waals surface area (Å²) >= 11 is 0. The molecule has 1 saturated carbocycles. The highest BCUT2D eigenvalue weighted by atomic mass is 15.0. The molecule has 114 valence electrons. The van der Waals surface area contributed by atoms with Crippen LogP contribution in [0.5, 0.6) is 0 Å². The van der Waals surface area contributed by atoms with Gasteiger partial charge in [0.1, 0.15) is 0 Å². The summed E-state index contributed by atoms with van der Waals surface area (Å²) in [5.41, 5.74) is 0.510. The zero-order valence-corrected chi connectivity index (χ0v) is 13.9. The minimum absolute atomic E-state index is 0.510. The van der Waals surface area contributed by atoms with Crippen LogP contribution in [0.25, 0.3) is 0 Å². The number of nitrogens with one attached hydrogen (secondary N) is 2. The van der Waals surface area contributed by atoms with E-state index in [2.05, 4.69) is 45.3 Å². The molecule has 2 heteroatoms. The van der Waals surface area contributed by atoms with Crippen LogP contribution in [0.3, 0.4) is 0 Å². The van der Waals surface area contributed by atoms with Crippen molar-refractivity contribution >= 4 is 0 Å². The zero-order chi connectivity index (χ0) is 14.3. The molecule has 0 aromatic carbocycles. The fourth-order valence-corrected chi connectivity index (χ4v) is 3.17. The largest absolute Gasteiger partial charge is 0.315 e. The van der Waals surface area contributed by atoms with E-state index in [1.54, 1.807) is 0 Å². The summed E-state index contributed by atoms with van der Waals surface area (Å²) in [5, 5.41) is 7.19. The Morgan fingerprint density at radius 3 is 2.26 bits per heavy atom. The quantitative estimate of drug-likeness (QED) is 0.686. The highest BCUT2D eigenvalue weighted by Gasteiger charge is 2.29. The highest BCUT2D eigenvalue weighted by molar-refractivity contribution is 4.81. The van der Waals surface area contributed by atoms with E-state index in [0.717, 1.165) is 24.9 Å². The fourth-order valence-electron chi connectivity index (χ4n) is 3.17. The Labute approximate surface area is 121 Å². The summed E-state index contributed by atoms with van der Waals surface area (Å²) in [7, 11) is 0. The normalized spacial score (nSPS) is 26.4. The molecule has 0 radical (unpaired) electrons. The third kappa shape index (κ3) is 6.76. The lowest BCUT2D eigenvalue weighted by Crippen LogP contribution is -2.40. The van der Waals surface area contributed by atoms with Crippen LogP contribution in [-0.2, 0) is 0 Å². The topological polar surface area (TPSA) is 24.1 Å². The SMILES string of the molecule is CCCNCC(C)NCC1CCC(C(C)(C)C)CC1. The lowest BCUT2D eigenvalue weighted by Gasteiger charge is -2.37. The maximum Gasteiger partial charge on any atom is 0.0164 e. The third-order valence-corrected chi connectivity index (χ3v) is 4.70. The zero-order valence-electron chi connectivity index (χ0n) is 13.9. The van der Waals surface area contributed by atoms with Crippen molar-refractivity contribution in [3.8, 4) is 0 Å². The van der Waals surface area contributed by atoms with Gasteiger partial charge in [0.15, 0.2) is 0 Å². The molecule has 1 fully saturated rings. The van der Waals surface area contributed by atoms with Crippen molar-refractivity contribution < 1.29 is 0 Å². The number of rotatable bonds is 7. The summed E-state index contributed by atoms with van der Waals surface area (Å²) < 4.78 is 0. The van der Waals surface area contributed by atoms with Crippen LogP contribution in [0.15, 0.2) is 0 Å². The first kappa shape index (κ1) is 17.0. The Kier molecular flexibility index (Phi) is 7.38. The Hall–Kier alpha value is -0.0800. The maximum absolute atomic E-state index is 3.70. The van der Waals surface area contributed by atoms with Crippen molar-refractivity contribution in [2.24, 2.45) is 17.3 Å². The van der Waals surface area contributed by atoms with Gasteiger partial charge in [0.2, 0.25) is 0 Å². The van der Waals surface area contributed by atoms with Crippen LogP contribution in [0.4, 0.5) is 0 Å². The van der Waals surface area contributed by atoms with E-state index in [1.807, 2.05) is 0 Å². The van der Waals surface area contributed by atoms with Crippen LogP contribution in [0.2, 0.25) is 0 Å². The van der Waals surface area contributed by atoms with Crippen LogP contribution in [0, 0.1) is 17.3 Å². The minimum Gasteiger partial charge on any atom is -0.315 e. The fraction of sp³-hybridized carbons (Fsp3) is 1.00. The second-order valence-electron chi connectivity index (χ2n) is 7.60. The van der Waals surface area contributed by atoms with Crippen molar-refractivity contribution in [2.45, 2.75) is 72.8 Å². The Morgan fingerprint density at radius 1 is 1.11 bits per heavy atom. The monoisotopic (exact) mass is 268 g/mol. The van der Waals surface area contributed by atoms with Gasteiger partial charge >= 0.3 is 0 Å². The van der Waals surface area contributed by atoms with E-state index in [4.69, 9.17) is 0 Å². The van der Waals surface area contributed by atoms with Crippen molar-refractivity contribution in [1.82, 2.24) is 10.6 Å². The average molecular weight is 268 g/mol. The molecule has 0 spiro atoms. The van der Waals surface area contributed by atoms with Crippen LogP contribution in [0.1, 0.15) is 66.7 Å². The third-order valence-electron chi connectivity index (χ3n) is 4.70. The molecule has 1 rings (SSSR count). The molecule has 2 N–H and O–H groups in total. The molecule has 0 bridgehead atoms. The summed E-state index contributed by atoms with van der Waals surface area (Å²) in [6.07, 6.45) is 6.92. The summed E-state index contributed by atoms with van der Waals surface area (Å²) in [4.78, 5) is 0. The minimum atomic E-state index is 0.510. The van der Waals surface area contributed by atoms with Gasteiger partial charge < -0.3 is 10.6 Å². The highest BCUT2D eigenvalue weighted by Crippen LogP contribution is 2.39. The molecule has 0 aromatic heterocycles. The van der Waals surface area contributed by atoms with Crippen molar-refractivity contribution in [1.29, 1.82) is 0 Å². The van der Waals surface area contributed by atoms with Gasteiger partial charge in [-0.15, -0.1) is 0 Å². The van der Waals surface area contributed by atoms with Crippen LogP contribution < -0.4 is 10.6 Å². The smallest absolute Gasteiger partial charge is 0.0164 e. The molecule has 1 unspecified atom stereocenters. The standard InChI is InChI=1S/C17H36N2/c1-6-11-18-12-14(2)19-13-15-7-9-16(10-8-15)17(3,4)5/h14-16,18-19H,6-13H2,1-5H3. The van der Waals surface area contributed by atoms with Gasteiger partial charge in [0.25, 0.3) is 0 Å². The van der Waals surface area contributed by atoms with Crippen molar-refractivity contribution in [3.05, 3.63) is 0 Å². The van der Waals surface area contributed by atoms with Crippen molar-refractivity contribution in [3.63, 3.8) is 0 Å². The van der Waals surface area contributed by atoms with Gasteiger partial charge in [-0.2, -0.15) is 0 Å². The van der Waals surface area contributed by atoms with Gasteiger partial charge in [-0.25, -0.2) is 0 Å². The summed E-state index contributed by atoms with van der Waals surface area (Å²) in [6.45, 7) is 15.2. The molecular weight excluding hydrogens is 232 g/mol. The Bertz CT molecular complexity index is 224. The molecule has 0 amide bonds. The predicted molar refractivity (Wildman–Crippen MR) is 85.5 cm³/mol. The molecule has 1 atom stereocenters. The van der Waals surface area contributed by atoms with Gasteiger partial charge in [-0.1, -0.05) is 27.7 Å². The average Bonchev–Trinajstić information content (AvgIpc) is 2.36. The molecule has 19 heavy (non-hydrogen) atoms. The number of hydrogen-bond acceptors (Lipinski definition) is 2. The lowest BCUT2D eigenvalue weighted by molar-refractivity contribution is 0.148. The predicted octanol–water partition coefficient (Wildman–Crippen LogP) is 3.82. The molecule has 2 nitrogen and oxygen atoms in total.